The number of hydrogen-bond acceptors (Lipinski definition) is 1. The summed E-state index contributed by atoms with van der Waals surface area (Å²) in [7, 11) is 0.741. The van der Waals surface area contributed by atoms with E-state index in [9.17, 15) is 0 Å². The van der Waals surface area contributed by atoms with Crippen LogP contribution < -0.4 is 0 Å². The summed E-state index contributed by atoms with van der Waals surface area (Å²) in [6.07, 6.45) is 4.31. The zero-order chi connectivity index (χ0) is 14.7. The van der Waals surface area contributed by atoms with Crippen LogP contribution in [0.1, 0.15) is 41.5 Å². The molecule has 0 N–H and O–H groups in total. The van der Waals surface area contributed by atoms with Crippen LogP contribution >= 0.6 is 15.9 Å². The molecule has 1 unspecified atom stereocenters. The van der Waals surface area contributed by atoms with E-state index in [2.05, 4.69) is 63.5 Å². The summed E-state index contributed by atoms with van der Waals surface area (Å²) in [4.78, 5) is 0.277. The van der Waals surface area contributed by atoms with Gasteiger partial charge in [-0.25, -0.2) is 0 Å². The predicted molar refractivity (Wildman–Crippen MR) is 91.4 cm³/mol. The Balaban J connectivity index is 3.52. The van der Waals surface area contributed by atoms with Crippen molar-refractivity contribution in [1.82, 2.24) is 0 Å². The van der Waals surface area contributed by atoms with Crippen molar-refractivity contribution in [2.75, 3.05) is 0 Å². The fourth-order valence-electron chi connectivity index (χ4n) is 2.84. The van der Waals surface area contributed by atoms with E-state index in [-0.39, 0.29) is 4.83 Å². The lowest BCUT2D eigenvalue weighted by molar-refractivity contribution is 0.523. The Morgan fingerprint density at radius 3 is 1.95 bits per heavy atom. The van der Waals surface area contributed by atoms with Crippen molar-refractivity contribution in [3.8, 4) is 0 Å². The fourth-order valence-corrected chi connectivity index (χ4v) is 3.74. The average molecular weight is 343 g/mol. The third-order valence-corrected chi connectivity index (χ3v) is 4.55. The van der Waals surface area contributed by atoms with E-state index < -0.39 is 0 Å². The molecule has 0 amide bonds. The molecule has 1 atom stereocenters. The number of halogens is 1. The largest absolute Gasteiger partial charge is 0.558 e. The van der Waals surface area contributed by atoms with E-state index in [1.807, 2.05) is 6.26 Å². The highest BCUT2D eigenvalue weighted by atomic mass is 79.9. The van der Waals surface area contributed by atoms with Crippen LogP contribution in [0.2, 0.25) is 0 Å². The van der Waals surface area contributed by atoms with Gasteiger partial charge in [-0.05, 0) is 34.5 Å². The van der Waals surface area contributed by atoms with E-state index in [1.54, 1.807) is 0 Å². The Kier molecular flexibility index (Phi) is 6.12. The molecule has 0 saturated heterocycles. The topological polar surface area (TPSA) is 9.23 Å². The van der Waals surface area contributed by atoms with E-state index >= 15 is 0 Å². The Hall–Kier alpha value is -0.283. The Bertz CT molecular complexity index is 416. The third-order valence-electron chi connectivity index (χ3n) is 3.56. The molecule has 0 saturated carbocycles. The second-order valence-electron chi connectivity index (χ2n) is 6.12. The maximum Gasteiger partial charge on any atom is 0.203 e. The van der Waals surface area contributed by atoms with Crippen LogP contribution in [-0.4, -0.2) is 15.3 Å². The molecule has 1 nitrogen and oxygen atoms in total. The molecule has 0 spiro atoms. The van der Waals surface area contributed by atoms with Gasteiger partial charge >= 0.3 is 0 Å². The quantitative estimate of drug-likeness (QED) is 0.424. The van der Waals surface area contributed by atoms with Gasteiger partial charge in [0.05, 0.1) is 11.1 Å². The lowest BCUT2D eigenvalue weighted by Crippen LogP contribution is -2.21. The molecule has 0 fully saturated rings. The molecule has 3 heteroatoms. The van der Waals surface area contributed by atoms with Crippen LogP contribution in [0.25, 0.3) is 0 Å². The molecule has 0 radical (unpaired) electrons. The minimum Gasteiger partial charge on any atom is -0.558 e. The van der Waals surface area contributed by atoms with Crippen molar-refractivity contribution >= 4 is 26.4 Å². The van der Waals surface area contributed by atoms with Gasteiger partial charge in [-0.1, -0.05) is 63.5 Å². The molecule has 1 rings (SSSR count). The van der Waals surface area contributed by atoms with Gasteiger partial charge in [0.1, 0.15) is 0 Å². The second kappa shape index (κ2) is 6.94. The Morgan fingerprint density at radius 1 is 1.05 bits per heavy atom. The summed E-state index contributed by atoms with van der Waals surface area (Å²) < 4.78 is 5.44. The first kappa shape index (κ1) is 16.8. The van der Waals surface area contributed by atoms with Gasteiger partial charge in [0.15, 0.2) is 0 Å². The molecule has 0 aromatic heterocycles. The van der Waals surface area contributed by atoms with Crippen LogP contribution in [0.4, 0.5) is 0 Å². The summed E-state index contributed by atoms with van der Waals surface area (Å²) in [5.74, 6) is 1.62. The highest BCUT2D eigenvalue weighted by molar-refractivity contribution is 9.09. The lowest BCUT2D eigenvalue weighted by atomic mass is 9.75. The molecule has 108 valence electrons. The van der Waals surface area contributed by atoms with E-state index in [0.29, 0.717) is 17.8 Å². The third kappa shape index (κ3) is 3.63. The SMILES string of the molecule is CC(C)C1=CC(Br)C(=CO[SiH3])C(C(C)C)=C1C(C)C. The van der Waals surface area contributed by atoms with E-state index in [0.717, 1.165) is 10.5 Å². The van der Waals surface area contributed by atoms with Gasteiger partial charge in [-0.15, -0.1) is 0 Å². The number of hydrogen-bond donors (Lipinski definition) is 0. The van der Waals surface area contributed by atoms with Gasteiger partial charge < -0.3 is 4.43 Å². The number of rotatable bonds is 4. The zero-order valence-electron chi connectivity index (χ0n) is 13.3. The zero-order valence-corrected chi connectivity index (χ0v) is 16.8. The first-order valence-corrected chi connectivity index (χ1v) is 8.87. The molecule has 0 aromatic rings. The number of allylic oxidation sites excluding steroid dienone is 5. The Labute approximate surface area is 129 Å². The van der Waals surface area contributed by atoms with Crippen molar-refractivity contribution in [3.63, 3.8) is 0 Å². The summed E-state index contributed by atoms with van der Waals surface area (Å²) >= 11 is 3.81. The van der Waals surface area contributed by atoms with Gasteiger partial charge in [0.25, 0.3) is 0 Å². The first-order valence-electron chi connectivity index (χ1n) is 7.14. The van der Waals surface area contributed by atoms with Crippen LogP contribution in [-0.2, 0) is 4.43 Å². The maximum atomic E-state index is 5.44. The number of alkyl halides is 1. The second-order valence-corrected chi connectivity index (χ2v) is 7.58. The predicted octanol–water partition coefficient (Wildman–Crippen LogP) is 4.14. The standard InChI is InChI=1S/C16H27BrOSi/c1-9(2)12-7-14(17)13(8-18-19)16(11(5)6)15(12)10(3)4/h7-11,14H,1-6,19H3. The summed E-state index contributed by atoms with van der Waals surface area (Å²) in [5, 5.41) is 0. The molecule has 1 aliphatic rings. The van der Waals surface area contributed by atoms with Crippen LogP contribution in [0.5, 0.6) is 0 Å². The average Bonchev–Trinajstić information content (AvgIpc) is 2.29. The molecular weight excluding hydrogens is 316 g/mol. The molecule has 0 heterocycles. The molecule has 1 aliphatic carbocycles. The van der Waals surface area contributed by atoms with Crippen molar-refractivity contribution in [2.24, 2.45) is 17.8 Å². The van der Waals surface area contributed by atoms with Crippen LogP contribution in [0.15, 0.2) is 34.6 Å². The Morgan fingerprint density at radius 2 is 1.58 bits per heavy atom. The van der Waals surface area contributed by atoms with E-state index in [4.69, 9.17) is 4.43 Å². The van der Waals surface area contributed by atoms with Crippen molar-refractivity contribution in [1.29, 1.82) is 0 Å². The minimum absolute atomic E-state index is 0.277. The highest BCUT2D eigenvalue weighted by Gasteiger charge is 2.29. The molecule has 0 aliphatic heterocycles. The summed E-state index contributed by atoms with van der Waals surface area (Å²) in [6.45, 7) is 13.7. The molecule has 0 aromatic carbocycles. The first-order chi connectivity index (χ1) is 8.81. The minimum atomic E-state index is 0.277. The van der Waals surface area contributed by atoms with Crippen molar-refractivity contribution < 1.29 is 4.43 Å². The summed E-state index contributed by atoms with van der Waals surface area (Å²) in [6, 6.07) is 0. The lowest BCUT2D eigenvalue weighted by Gasteiger charge is -2.33. The van der Waals surface area contributed by atoms with Gasteiger partial charge in [0, 0.05) is 5.57 Å². The molecular formula is C16H27BrOSi. The van der Waals surface area contributed by atoms with Gasteiger partial charge in [-0.2, -0.15) is 0 Å². The van der Waals surface area contributed by atoms with Crippen LogP contribution in [0.3, 0.4) is 0 Å². The maximum absolute atomic E-state index is 5.44. The fraction of sp³-hybridized carbons (Fsp3) is 0.625. The van der Waals surface area contributed by atoms with Crippen molar-refractivity contribution in [2.45, 2.75) is 46.4 Å². The molecule has 0 bridgehead atoms. The van der Waals surface area contributed by atoms with Crippen LogP contribution in [0, 0.1) is 17.8 Å². The normalized spacial score (nSPS) is 22.9. The monoisotopic (exact) mass is 342 g/mol. The summed E-state index contributed by atoms with van der Waals surface area (Å²) in [5.41, 5.74) is 5.79. The van der Waals surface area contributed by atoms with Gasteiger partial charge in [-0.3, -0.25) is 0 Å². The smallest absolute Gasteiger partial charge is 0.203 e. The highest BCUT2D eigenvalue weighted by Crippen LogP contribution is 2.42. The van der Waals surface area contributed by atoms with Gasteiger partial charge in [0.2, 0.25) is 10.5 Å². The van der Waals surface area contributed by atoms with E-state index in [1.165, 1.54) is 22.3 Å². The van der Waals surface area contributed by atoms with Crippen molar-refractivity contribution in [3.05, 3.63) is 34.6 Å². The molecule has 19 heavy (non-hydrogen) atoms.